The molecule has 2 aromatic carbocycles. The zero-order valence-electron chi connectivity index (χ0n) is 14.8. The van der Waals surface area contributed by atoms with Crippen molar-refractivity contribution in [3.63, 3.8) is 0 Å². The fourth-order valence-corrected chi connectivity index (χ4v) is 2.84. The lowest BCUT2D eigenvalue weighted by Crippen LogP contribution is -2.04. The predicted octanol–water partition coefficient (Wildman–Crippen LogP) is 3.83. The molecule has 3 rings (SSSR count). The summed E-state index contributed by atoms with van der Waals surface area (Å²) in [4.78, 5) is 10.8. The quantitative estimate of drug-likeness (QED) is 0.622. The van der Waals surface area contributed by atoms with Gasteiger partial charge in [-0.2, -0.15) is 0 Å². The molecule has 0 fully saturated rings. The number of rotatable bonds is 8. The summed E-state index contributed by atoms with van der Waals surface area (Å²) in [7, 11) is 3.28. The summed E-state index contributed by atoms with van der Waals surface area (Å²) in [5, 5.41) is 9.94. The van der Waals surface area contributed by atoms with Gasteiger partial charge in [0.1, 0.15) is 17.2 Å². The highest BCUT2D eigenvalue weighted by molar-refractivity contribution is 5.88. The highest BCUT2D eigenvalue weighted by Gasteiger charge is 2.09. The van der Waals surface area contributed by atoms with Crippen molar-refractivity contribution in [3.8, 4) is 17.2 Å². The van der Waals surface area contributed by atoms with Gasteiger partial charge in [0.25, 0.3) is 0 Å². The third kappa shape index (κ3) is 3.74. The molecule has 0 bridgehead atoms. The molecule has 0 amide bonds. The third-order valence-electron chi connectivity index (χ3n) is 4.19. The number of carbonyl (C=O) groups is 1. The van der Waals surface area contributed by atoms with Gasteiger partial charge in [-0.05, 0) is 36.8 Å². The number of hydrogen-bond donors (Lipinski definition) is 1. The van der Waals surface area contributed by atoms with E-state index in [1.54, 1.807) is 26.4 Å². The van der Waals surface area contributed by atoms with Crippen molar-refractivity contribution in [2.75, 3.05) is 20.8 Å². The van der Waals surface area contributed by atoms with E-state index in [4.69, 9.17) is 19.3 Å². The van der Waals surface area contributed by atoms with Crippen LogP contribution < -0.4 is 14.2 Å². The van der Waals surface area contributed by atoms with Crippen LogP contribution in [0.1, 0.15) is 16.8 Å². The van der Waals surface area contributed by atoms with Crippen molar-refractivity contribution in [3.05, 3.63) is 54.2 Å². The zero-order chi connectivity index (χ0) is 18.5. The van der Waals surface area contributed by atoms with Crippen molar-refractivity contribution in [2.45, 2.75) is 13.0 Å². The molecule has 136 valence electrons. The molecule has 0 unspecified atom stereocenters. The number of hydrogen-bond acceptors (Lipinski definition) is 4. The largest absolute Gasteiger partial charge is 0.497 e. The maximum Gasteiger partial charge on any atom is 0.335 e. The summed E-state index contributed by atoms with van der Waals surface area (Å²) >= 11 is 0. The van der Waals surface area contributed by atoms with Crippen molar-refractivity contribution in [1.82, 2.24) is 4.57 Å². The molecule has 1 heterocycles. The fourth-order valence-electron chi connectivity index (χ4n) is 2.84. The number of ether oxygens (including phenoxy) is 3. The fraction of sp³-hybridized carbons (Fsp3) is 0.250. The number of carboxylic acids is 1. The van der Waals surface area contributed by atoms with Crippen molar-refractivity contribution in [2.24, 2.45) is 0 Å². The van der Waals surface area contributed by atoms with Gasteiger partial charge in [-0.1, -0.05) is 0 Å². The van der Waals surface area contributed by atoms with Crippen molar-refractivity contribution >= 4 is 16.9 Å². The van der Waals surface area contributed by atoms with Gasteiger partial charge in [-0.15, -0.1) is 0 Å². The van der Waals surface area contributed by atoms with E-state index in [-0.39, 0.29) is 5.56 Å². The van der Waals surface area contributed by atoms with Crippen LogP contribution in [-0.4, -0.2) is 36.5 Å². The number of aromatic carboxylic acids is 1. The Bertz CT molecular complexity index is 898. The minimum Gasteiger partial charge on any atom is -0.497 e. The second-order valence-corrected chi connectivity index (χ2v) is 5.80. The Hall–Kier alpha value is -3.15. The van der Waals surface area contributed by atoms with E-state index in [1.807, 2.05) is 24.4 Å². The third-order valence-corrected chi connectivity index (χ3v) is 4.19. The Balaban J connectivity index is 1.62. The van der Waals surface area contributed by atoms with E-state index in [0.29, 0.717) is 12.4 Å². The first-order valence-electron chi connectivity index (χ1n) is 8.29. The van der Waals surface area contributed by atoms with Crippen LogP contribution >= 0.6 is 0 Å². The van der Waals surface area contributed by atoms with Crippen LogP contribution in [0.3, 0.4) is 0 Å². The van der Waals surface area contributed by atoms with E-state index in [9.17, 15) is 4.79 Å². The molecule has 1 aromatic heterocycles. The number of nitrogens with zero attached hydrogens (tertiary/aromatic N) is 1. The maximum atomic E-state index is 10.8. The lowest BCUT2D eigenvalue weighted by Gasteiger charge is -2.10. The molecule has 6 nitrogen and oxygen atoms in total. The molecular weight excluding hydrogens is 334 g/mol. The second kappa shape index (κ2) is 7.82. The van der Waals surface area contributed by atoms with Crippen LogP contribution in [0.2, 0.25) is 0 Å². The summed E-state index contributed by atoms with van der Waals surface area (Å²) < 4.78 is 18.6. The number of benzene rings is 2. The van der Waals surface area contributed by atoms with Crippen molar-refractivity contribution < 1.29 is 24.1 Å². The molecule has 26 heavy (non-hydrogen) atoms. The summed E-state index contributed by atoms with van der Waals surface area (Å²) in [5.74, 6) is 1.26. The number of fused-ring (bicyclic) bond motifs is 1. The lowest BCUT2D eigenvalue weighted by atomic mass is 10.2. The molecule has 1 N–H and O–H groups in total. The van der Waals surface area contributed by atoms with Crippen LogP contribution in [0.5, 0.6) is 17.2 Å². The van der Waals surface area contributed by atoms with Gasteiger partial charge >= 0.3 is 5.97 Å². The summed E-state index contributed by atoms with van der Waals surface area (Å²) in [6.45, 7) is 1.32. The van der Waals surface area contributed by atoms with Crippen LogP contribution in [0, 0.1) is 0 Å². The first kappa shape index (κ1) is 17.7. The average Bonchev–Trinajstić information content (AvgIpc) is 3.07. The number of aryl methyl sites for hydroxylation is 1. The summed E-state index contributed by atoms with van der Waals surface area (Å²) in [5.41, 5.74) is 1.30. The molecule has 0 radical (unpaired) electrons. The first-order valence-corrected chi connectivity index (χ1v) is 8.29. The molecular formula is C20H21NO5. The standard InChI is InChI=1S/C20H21NO5/c1-24-16-12-18-17(19(13-16)25-2)8-10-21(18)9-3-11-26-15-6-4-14(5-7-15)20(22)23/h4-8,10,12-13H,3,9,11H2,1-2H3,(H,22,23). The Morgan fingerprint density at radius 2 is 1.81 bits per heavy atom. The van der Waals surface area contributed by atoms with Gasteiger partial charge < -0.3 is 23.9 Å². The maximum absolute atomic E-state index is 10.8. The van der Waals surface area contributed by atoms with Gasteiger partial charge in [-0.3, -0.25) is 0 Å². The van der Waals surface area contributed by atoms with Gasteiger partial charge in [0, 0.05) is 30.3 Å². The molecule has 0 atom stereocenters. The molecule has 0 saturated heterocycles. The highest BCUT2D eigenvalue weighted by Crippen LogP contribution is 2.32. The van der Waals surface area contributed by atoms with E-state index in [1.165, 1.54) is 12.1 Å². The first-order chi connectivity index (χ1) is 12.6. The van der Waals surface area contributed by atoms with Gasteiger partial charge in [0.2, 0.25) is 0 Å². The highest BCUT2D eigenvalue weighted by atomic mass is 16.5. The molecule has 0 aliphatic carbocycles. The van der Waals surface area contributed by atoms with E-state index >= 15 is 0 Å². The summed E-state index contributed by atoms with van der Waals surface area (Å²) in [6.07, 6.45) is 2.83. The normalized spacial score (nSPS) is 10.7. The summed E-state index contributed by atoms with van der Waals surface area (Å²) in [6, 6.07) is 12.3. The second-order valence-electron chi connectivity index (χ2n) is 5.80. The van der Waals surface area contributed by atoms with Crippen molar-refractivity contribution in [1.29, 1.82) is 0 Å². The molecule has 0 spiro atoms. The minimum absolute atomic E-state index is 0.249. The topological polar surface area (TPSA) is 69.9 Å². The van der Waals surface area contributed by atoms with E-state index in [2.05, 4.69) is 4.57 Å². The minimum atomic E-state index is -0.943. The Labute approximate surface area is 151 Å². The number of aromatic nitrogens is 1. The Morgan fingerprint density at radius 1 is 1.04 bits per heavy atom. The lowest BCUT2D eigenvalue weighted by molar-refractivity contribution is 0.0697. The van der Waals surface area contributed by atoms with Crippen LogP contribution in [0.15, 0.2) is 48.7 Å². The number of carboxylic acid groups (broad SMARTS) is 1. The van der Waals surface area contributed by atoms with Gasteiger partial charge in [0.05, 0.1) is 31.9 Å². The Kier molecular flexibility index (Phi) is 5.31. The molecule has 0 saturated carbocycles. The smallest absolute Gasteiger partial charge is 0.335 e. The van der Waals surface area contributed by atoms with Crippen LogP contribution in [0.25, 0.3) is 10.9 Å². The van der Waals surface area contributed by atoms with E-state index < -0.39 is 5.97 Å². The average molecular weight is 355 g/mol. The Morgan fingerprint density at radius 3 is 2.46 bits per heavy atom. The molecule has 3 aromatic rings. The molecule has 0 aliphatic heterocycles. The van der Waals surface area contributed by atoms with Crippen LogP contribution in [0.4, 0.5) is 0 Å². The monoisotopic (exact) mass is 355 g/mol. The van der Waals surface area contributed by atoms with Gasteiger partial charge in [0.15, 0.2) is 0 Å². The molecule has 0 aliphatic rings. The SMILES string of the molecule is COc1cc(OC)c2ccn(CCCOc3ccc(C(=O)O)cc3)c2c1. The van der Waals surface area contributed by atoms with Crippen LogP contribution in [-0.2, 0) is 6.54 Å². The number of methoxy groups -OCH3 is 2. The van der Waals surface area contributed by atoms with E-state index in [0.717, 1.165) is 35.4 Å². The predicted molar refractivity (Wildman–Crippen MR) is 98.6 cm³/mol. The zero-order valence-corrected chi connectivity index (χ0v) is 14.8. The molecule has 6 heteroatoms. The van der Waals surface area contributed by atoms with Gasteiger partial charge in [-0.25, -0.2) is 4.79 Å².